The van der Waals surface area contributed by atoms with Crippen molar-refractivity contribution in [2.75, 3.05) is 0 Å². The smallest absolute Gasteiger partial charge is 0.226 e. The van der Waals surface area contributed by atoms with Crippen LogP contribution in [0.4, 0.5) is 0 Å². The molecular weight excluding hydrogens is 254 g/mol. The lowest BCUT2D eigenvalue weighted by molar-refractivity contribution is 0.516. The van der Waals surface area contributed by atoms with Crippen LogP contribution in [0.1, 0.15) is 37.8 Å². The van der Waals surface area contributed by atoms with Crippen molar-refractivity contribution < 1.29 is 4.42 Å². The van der Waals surface area contributed by atoms with Crippen molar-refractivity contribution >= 4 is 11.8 Å². The van der Waals surface area contributed by atoms with E-state index in [1.54, 1.807) is 6.26 Å². The van der Waals surface area contributed by atoms with Gasteiger partial charge >= 0.3 is 0 Å². The lowest BCUT2D eigenvalue weighted by Crippen LogP contribution is -2.08. The van der Waals surface area contributed by atoms with Gasteiger partial charge in [0.15, 0.2) is 0 Å². The number of hydrogen-bond donors (Lipinski definition) is 0. The molecule has 0 atom stereocenters. The van der Waals surface area contributed by atoms with Crippen LogP contribution in [-0.4, -0.2) is 10.2 Å². The lowest BCUT2D eigenvalue weighted by Gasteiger charge is -2.20. The largest absolute Gasteiger partial charge is 0.444 e. The molecule has 100 valence electrons. The Morgan fingerprint density at radius 2 is 1.89 bits per heavy atom. The maximum atomic E-state index is 5.57. The number of aromatic nitrogens is 1. The molecule has 1 aromatic carbocycles. The predicted molar refractivity (Wildman–Crippen MR) is 80.1 cm³/mol. The molecule has 0 amide bonds. The number of nitrogens with zero attached hydrogens (tertiary/aromatic N) is 1. The zero-order valence-electron chi connectivity index (χ0n) is 11.0. The molecule has 19 heavy (non-hydrogen) atoms. The van der Waals surface area contributed by atoms with Crippen LogP contribution in [0.15, 0.2) is 41.0 Å². The Kier molecular flexibility index (Phi) is 4.23. The molecule has 1 aliphatic carbocycles. The summed E-state index contributed by atoms with van der Waals surface area (Å²) in [5.41, 5.74) is 2.12. The third kappa shape index (κ3) is 3.41. The van der Waals surface area contributed by atoms with Gasteiger partial charge in [-0.1, -0.05) is 37.5 Å². The average Bonchev–Trinajstić information content (AvgIpc) is 2.96. The van der Waals surface area contributed by atoms with E-state index in [9.17, 15) is 0 Å². The maximum Gasteiger partial charge on any atom is 0.226 e. The van der Waals surface area contributed by atoms with Gasteiger partial charge in [-0.05, 0) is 25.0 Å². The second-order valence-electron chi connectivity index (χ2n) is 5.08. The summed E-state index contributed by atoms with van der Waals surface area (Å²) in [6.45, 7) is 0. The summed E-state index contributed by atoms with van der Waals surface area (Å²) in [5.74, 6) is 1.71. The number of thioether (sulfide) groups is 1. The Bertz CT molecular complexity index is 502. The van der Waals surface area contributed by atoms with E-state index in [-0.39, 0.29) is 0 Å². The second kappa shape index (κ2) is 6.29. The van der Waals surface area contributed by atoms with Gasteiger partial charge < -0.3 is 4.42 Å². The van der Waals surface area contributed by atoms with Crippen molar-refractivity contribution in [3.63, 3.8) is 0 Å². The zero-order chi connectivity index (χ0) is 12.9. The van der Waals surface area contributed by atoms with Crippen molar-refractivity contribution in [2.45, 2.75) is 43.1 Å². The SMILES string of the molecule is c1ccc(-c2nc(CSC3CCCCC3)co2)cc1. The average molecular weight is 273 g/mol. The van der Waals surface area contributed by atoms with Gasteiger partial charge in [0.25, 0.3) is 0 Å². The van der Waals surface area contributed by atoms with Crippen LogP contribution in [0, 0.1) is 0 Å². The first kappa shape index (κ1) is 12.8. The van der Waals surface area contributed by atoms with Gasteiger partial charge in [0.05, 0.1) is 5.69 Å². The molecule has 3 rings (SSSR count). The topological polar surface area (TPSA) is 26.0 Å². The molecule has 1 saturated carbocycles. The molecule has 0 saturated heterocycles. The summed E-state index contributed by atoms with van der Waals surface area (Å²) in [7, 11) is 0. The van der Waals surface area contributed by atoms with Crippen molar-refractivity contribution in [3.8, 4) is 11.5 Å². The molecular formula is C16H19NOS. The minimum atomic E-state index is 0.736. The molecule has 1 heterocycles. The molecule has 3 heteroatoms. The summed E-state index contributed by atoms with van der Waals surface area (Å²) in [5, 5.41) is 0.825. The minimum Gasteiger partial charge on any atom is -0.444 e. The summed E-state index contributed by atoms with van der Waals surface area (Å²) in [4.78, 5) is 4.58. The van der Waals surface area contributed by atoms with E-state index in [4.69, 9.17) is 4.42 Å². The minimum absolute atomic E-state index is 0.736. The van der Waals surface area contributed by atoms with Gasteiger partial charge in [0.2, 0.25) is 5.89 Å². The van der Waals surface area contributed by atoms with E-state index in [1.165, 1.54) is 32.1 Å². The molecule has 2 aromatic rings. The van der Waals surface area contributed by atoms with Crippen LogP contribution in [0.3, 0.4) is 0 Å². The molecule has 0 radical (unpaired) electrons. The van der Waals surface area contributed by atoms with Crippen LogP contribution >= 0.6 is 11.8 Å². The van der Waals surface area contributed by atoms with Crippen molar-refractivity contribution in [1.29, 1.82) is 0 Å². The maximum absolute atomic E-state index is 5.57. The van der Waals surface area contributed by atoms with Crippen molar-refractivity contribution in [3.05, 3.63) is 42.3 Å². The highest BCUT2D eigenvalue weighted by Gasteiger charge is 2.15. The molecule has 1 aromatic heterocycles. The van der Waals surface area contributed by atoms with Crippen LogP contribution in [0.2, 0.25) is 0 Å². The molecule has 1 aliphatic rings. The van der Waals surface area contributed by atoms with E-state index >= 15 is 0 Å². The third-order valence-electron chi connectivity index (χ3n) is 3.59. The molecule has 0 bridgehead atoms. The van der Waals surface area contributed by atoms with Crippen LogP contribution in [0.25, 0.3) is 11.5 Å². The van der Waals surface area contributed by atoms with Gasteiger partial charge in [-0.3, -0.25) is 0 Å². The molecule has 0 spiro atoms. The zero-order valence-corrected chi connectivity index (χ0v) is 11.9. The number of hydrogen-bond acceptors (Lipinski definition) is 3. The molecule has 1 fully saturated rings. The number of benzene rings is 1. The van der Waals surface area contributed by atoms with Gasteiger partial charge in [-0.25, -0.2) is 4.98 Å². The summed E-state index contributed by atoms with van der Waals surface area (Å²) < 4.78 is 5.57. The fourth-order valence-electron chi connectivity index (χ4n) is 2.52. The summed E-state index contributed by atoms with van der Waals surface area (Å²) >= 11 is 2.04. The second-order valence-corrected chi connectivity index (χ2v) is 6.37. The van der Waals surface area contributed by atoms with E-state index in [0.717, 1.165) is 28.2 Å². The summed E-state index contributed by atoms with van der Waals surface area (Å²) in [6.07, 6.45) is 8.75. The van der Waals surface area contributed by atoms with Crippen LogP contribution in [-0.2, 0) is 5.75 Å². The fraction of sp³-hybridized carbons (Fsp3) is 0.438. The first-order valence-corrected chi connectivity index (χ1v) is 8.08. The Morgan fingerprint density at radius 3 is 2.68 bits per heavy atom. The normalized spacial score (nSPS) is 16.6. The van der Waals surface area contributed by atoms with E-state index in [1.807, 2.05) is 42.1 Å². The lowest BCUT2D eigenvalue weighted by atomic mass is 10.0. The Balaban J connectivity index is 1.59. The summed E-state index contributed by atoms with van der Waals surface area (Å²) in [6, 6.07) is 10.1. The van der Waals surface area contributed by atoms with Gasteiger partial charge in [0, 0.05) is 16.6 Å². The number of oxazole rings is 1. The molecule has 0 unspecified atom stereocenters. The Hall–Kier alpha value is -1.22. The quantitative estimate of drug-likeness (QED) is 0.791. The van der Waals surface area contributed by atoms with E-state index in [2.05, 4.69) is 4.98 Å². The van der Waals surface area contributed by atoms with E-state index < -0.39 is 0 Å². The van der Waals surface area contributed by atoms with Crippen molar-refractivity contribution in [2.24, 2.45) is 0 Å². The highest BCUT2D eigenvalue weighted by atomic mass is 32.2. The molecule has 2 nitrogen and oxygen atoms in total. The monoisotopic (exact) mass is 273 g/mol. The highest BCUT2D eigenvalue weighted by Crippen LogP contribution is 2.30. The van der Waals surface area contributed by atoms with Gasteiger partial charge in [-0.15, -0.1) is 0 Å². The highest BCUT2D eigenvalue weighted by molar-refractivity contribution is 7.99. The van der Waals surface area contributed by atoms with Crippen molar-refractivity contribution in [1.82, 2.24) is 4.98 Å². The standard InChI is InChI=1S/C16H19NOS/c1-3-7-13(8-4-1)16-17-14(11-18-16)12-19-15-9-5-2-6-10-15/h1,3-4,7-8,11,15H,2,5-6,9-10,12H2. The molecule has 0 aliphatic heterocycles. The van der Waals surface area contributed by atoms with Crippen LogP contribution in [0.5, 0.6) is 0 Å². The van der Waals surface area contributed by atoms with Gasteiger partial charge in [-0.2, -0.15) is 11.8 Å². The Morgan fingerprint density at radius 1 is 1.11 bits per heavy atom. The predicted octanol–water partition coefficient (Wildman–Crippen LogP) is 4.91. The number of rotatable bonds is 4. The van der Waals surface area contributed by atoms with Gasteiger partial charge in [0.1, 0.15) is 6.26 Å². The first-order valence-electron chi connectivity index (χ1n) is 7.03. The first-order chi connectivity index (χ1) is 9.42. The fourth-order valence-corrected chi connectivity index (χ4v) is 3.73. The third-order valence-corrected chi connectivity index (χ3v) is 5.00. The van der Waals surface area contributed by atoms with E-state index in [0.29, 0.717) is 0 Å². The van der Waals surface area contributed by atoms with Crippen LogP contribution < -0.4 is 0 Å². The Labute approximate surface area is 118 Å². The molecule has 0 N–H and O–H groups in total.